The Morgan fingerprint density at radius 2 is 0.889 bits per heavy atom. The molecule has 54 heavy (non-hydrogen) atoms. The van der Waals surface area contributed by atoms with Gasteiger partial charge in [-0.2, -0.15) is 0 Å². The van der Waals surface area contributed by atoms with Crippen molar-refractivity contribution in [3.8, 4) is 33.4 Å². The van der Waals surface area contributed by atoms with Crippen molar-refractivity contribution in [2.45, 2.75) is 0 Å². The number of fused-ring (bicyclic) bond motifs is 11. The number of para-hydroxylation sites is 1. The van der Waals surface area contributed by atoms with Crippen molar-refractivity contribution in [1.82, 2.24) is 0 Å². The quantitative estimate of drug-likeness (QED) is 0.167. The second-order valence-electron chi connectivity index (χ2n) is 14.4. The Labute approximate surface area is 314 Å². The van der Waals surface area contributed by atoms with Gasteiger partial charge in [0.25, 0.3) is 0 Å². The molecule has 0 N–H and O–H groups in total. The van der Waals surface area contributed by atoms with Crippen LogP contribution < -0.4 is 0 Å². The van der Waals surface area contributed by atoms with Gasteiger partial charge in [0.2, 0.25) is 0 Å². The predicted molar refractivity (Wildman–Crippen MR) is 233 cm³/mol. The van der Waals surface area contributed by atoms with Gasteiger partial charge in [-0.25, -0.2) is 0 Å². The molecule has 0 atom stereocenters. The van der Waals surface area contributed by atoms with Crippen LogP contribution in [-0.2, 0) is 0 Å². The second-order valence-corrected chi connectivity index (χ2v) is 15.5. The minimum atomic E-state index is 0.932. The maximum absolute atomic E-state index is 6.34. The summed E-state index contributed by atoms with van der Waals surface area (Å²) in [5, 5.41) is 15.0. The average molecular weight is 703 g/mol. The predicted octanol–water partition coefficient (Wildman–Crippen LogP) is 15.6. The molecule has 0 saturated carbocycles. The third-order valence-electron chi connectivity index (χ3n) is 11.4. The fourth-order valence-corrected chi connectivity index (χ4v) is 10.1. The van der Waals surface area contributed by atoms with Gasteiger partial charge in [-0.1, -0.05) is 140 Å². The molecule has 0 bridgehead atoms. The van der Waals surface area contributed by atoms with Crippen LogP contribution in [0.2, 0.25) is 0 Å². The Balaban J connectivity index is 1.09. The summed E-state index contributed by atoms with van der Waals surface area (Å²) in [6.45, 7) is 0. The van der Waals surface area contributed by atoms with Gasteiger partial charge in [-0.15, -0.1) is 11.3 Å². The van der Waals surface area contributed by atoms with E-state index >= 15 is 0 Å². The third-order valence-corrected chi connectivity index (χ3v) is 12.6. The summed E-state index contributed by atoms with van der Waals surface area (Å²) in [4.78, 5) is 0. The lowest BCUT2D eigenvalue weighted by Crippen LogP contribution is -1.91. The van der Waals surface area contributed by atoms with Gasteiger partial charge in [0.15, 0.2) is 0 Å². The van der Waals surface area contributed by atoms with E-state index in [2.05, 4.69) is 176 Å². The molecule has 2 aromatic heterocycles. The van der Waals surface area contributed by atoms with Crippen molar-refractivity contribution in [3.05, 3.63) is 182 Å². The first kappa shape index (κ1) is 29.8. The maximum Gasteiger partial charge on any atom is 0.136 e. The van der Waals surface area contributed by atoms with E-state index in [-0.39, 0.29) is 0 Å². The van der Waals surface area contributed by atoms with Crippen LogP contribution in [0.15, 0.2) is 186 Å². The summed E-state index contributed by atoms with van der Waals surface area (Å²) in [6.07, 6.45) is 0. The van der Waals surface area contributed by atoms with E-state index in [1.807, 2.05) is 17.4 Å². The Bertz CT molecular complexity index is 3450. The molecule has 0 saturated heterocycles. The maximum atomic E-state index is 6.34. The zero-order chi connectivity index (χ0) is 35.3. The third kappa shape index (κ3) is 4.32. The largest absolute Gasteiger partial charge is 0.456 e. The van der Waals surface area contributed by atoms with Gasteiger partial charge in [-0.05, 0) is 119 Å². The van der Waals surface area contributed by atoms with Gasteiger partial charge in [0.1, 0.15) is 11.2 Å². The lowest BCUT2D eigenvalue weighted by molar-refractivity contribution is 0.669. The zero-order valence-electron chi connectivity index (χ0n) is 29.1. The van der Waals surface area contributed by atoms with Crippen LogP contribution in [0.4, 0.5) is 0 Å². The molecule has 0 radical (unpaired) electrons. The molecule has 12 rings (SSSR count). The van der Waals surface area contributed by atoms with Gasteiger partial charge < -0.3 is 4.42 Å². The summed E-state index contributed by atoms with van der Waals surface area (Å²) < 4.78 is 8.91. The number of thiophene rings is 1. The van der Waals surface area contributed by atoms with E-state index in [9.17, 15) is 0 Å². The molecule has 250 valence electrons. The highest BCUT2D eigenvalue weighted by atomic mass is 32.1. The molecule has 2 heterocycles. The monoisotopic (exact) mass is 702 g/mol. The van der Waals surface area contributed by atoms with Crippen LogP contribution in [0.5, 0.6) is 0 Å². The van der Waals surface area contributed by atoms with Gasteiger partial charge in [0.05, 0.1) is 0 Å². The topological polar surface area (TPSA) is 13.1 Å². The Kier molecular flexibility index (Phi) is 6.28. The SMILES string of the molecule is c1ccc2c(-c3ccc4ccc(-c5c6ccccc6c(-c6ccc7sc8ccc9oc%10ccccc%10c9c8c7c6)c6ccccc56)cc4c3)cccc2c1. The summed E-state index contributed by atoms with van der Waals surface area (Å²) >= 11 is 1.86. The summed E-state index contributed by atoms with van der Waals surface area (Å²) in [6, 6.07) is 66.9. The summed E-state index contributed by atoms with van der Waals surface area (Å²) in [7, 11) is 0. The highest BCUT2D eigenvalue weighted by Gasteiger charge is 2.20. The van der Waals surface area contributed by atoms with Crippen LogP contribution in [0, 0.1) is 0 Å². The average Bonchev–Trinajstić information content (AvgIpc) is 3.80. The normalized spacial score (nSPS) is 12.1. The van der Waals surface area contributed by atoms with Crippen LogP contribution in [-0.4, -0.2) is 0 Å². The fourth-order valence-electron chi connectivity index (χ4n) is 9.04. The number of hydrogen-bond acceptors (Lipinski definition) is 2. The molecule has 0 unspecified atom stereocenters. The van der Waals surface area contributed by atoms with Crippen LogP contribution >= 0.6 is 11.3 Å². The van der Waals surface area contributed by atoms with E-state index in [0.717, 1.165) is 11.2 Å². The van der Waals surface area contributed by atoms with Crippen LogP contribution in [0.3, 0.4) is 0 Å². The molecule has 0 aliphatic heterocycles. The Hall–Kier alpha value is -6.74. The molecule has 2 heteroatoms. The Morgan fingerprint density at radius 3 is 1.65 bits per heavy atom. The molecule has 0 spiro atoms. The van der Waals surface area contributed by atoms with E-state index in [0.29, 0.717) is 0 Å². The number of benzene rings is 10. The molecule has 0 amide bonds. The molecule has 0 fully saturated rings. The highest BCUT2D eigenvalue weighted by molar-refractivity contribution is 7.26. The minimum absolute atomic E-state index is 0.932. The molecule has 10 aromatic carbocycles. The number of furan rings is 1. The van der Waals surface area contributed by atoms with Gasteiger partial charge in [0, 0.05) is 30.9 Å². The number of hydrogen-bond donors (Lipinski definition) is 0. The molecule has 0 aliphatic rings. The van der Waals surface area contributed by atoms with Crippen molar-refractivity contribution < 1.29 is 4.42 Å². The van der Waals surface area contributed by atoms with Crippen molar-refractivity contribution in [1.29, 1.82) is 0 Å². The molecular formula is C52H30OS. The van der Waals surface area contributed by atoms with E-state index in [4.69, 9.17) is 4.42 Å². The highest BCUT2D eigenvalue weighted by Crippen LogP contribution is 2.47. The van der Waals surface area contributed by atoms with Crippen LogP contribution in [0.25, 0.3) is 119 Å². The lowest BCUT2D eigenvalue weighted by atomic mass is 9.85. The number of rotatable bonds is 3. The van der Waals surface area contributed by atoms with Crippen molar-refractivity contribution in [2.75, 3.05) is 0 Å². The van der Waals surface area contributed by atoms with E-state index < -0.39 is 0 Å². The van der Waals surface area contributed by atoms with E-state index in [1.165, 1.54) is 107 Å². The first-order chi connectivity index (χ1) is 26.8. The van der Waals surface area contributed by atoms with Crippen molar-refractivity contribution in [3.63, 3.8) is 0 Å². The van der Waals surface area contributed by atoms with E-state index in [1.54, 1.807) is 0 Å². The van der Waals surface area contributed by atoms with Crippen LogP contribution in [0.1, 0.15) is 0 Å². The first-order valence-electron chi connectivity index (χ1n) is 18.5. The standard InChI is InChI=1S/C52H30OS/c1-2-12-37-32(10-1)11-9-18-38(37)33-22-20-31-21-23-34(29-36(31)28-33)49-39-13-3-5-15-41(39)50(42-16-6-4-14-40(42)49)35-24-26-47-44(30-35)52-48(54-47)27-25-46-51(52)43-17-7-8-19-45(43)53-46/h1-30H. The molecule has 1 nitrogen and oxygen atoms in total. The van der Waals surface area contributed by atoms with Crippen molar-refractivity contribution in [2.24, 2.45) is 0 Å². The molecular weight excluding hydrogens is 673 g/mol. The second kappa shape index (κ2) is 11.4. The lowest BCUT2D eigenvalue weighted by Gasteiger charge is -2.18. The first-order valence-corrected chi connectivity index (χ1v) is 19.3. The summed E-state index contributed by atoms with van der Waals surface area (Å²) in [5.74, 6) is 0. The van der Waals surface area contributed by atoms with Gasteiger partial charge >= 0.3 is 0 Å². The molecule has 0 aliphatic carbocycles. The smallest absolute Gasteiger partial charge is 0.136 e. The van der Waals surface area contributed by atoms with Crippen molar-refractivity contribution >= 4 is 96.5 Å². The fraction of sp³-hybridized carbons (Fsp3) is 0. The zero-order valence-corrected chi connectivity index (χ0v) is 30.0. The summed E-state index contributed by atoms with van der Waals surface area (Å²) in [5.41, 5.74) is 9.37. The Morgan fingerprint density at radius 1 is 0.315 bits per heavy atom. The van der Waals surface area contributed by atoms with Gasteiger partial charge in [-0.3, -0.25) is 0 Å². The molecule has 12 aromatic rings. The minimum Gasteiger partial charge on any atom is -0.456 e.